The molecular weight excluding hydrogens is 256 g/mol. The van der Waals surface area contributed by atoms with Gasteiger partial charge in [0.25, 0.3) is 0 Å². The van der Waals surface area contributed by atoms with Crippen LogP contribution in [0.1, 0.15) is 61.8 Å². The molecule has 108 valence electrons. The Kier molecular flexibility index (Phi) is 3.36. The van der Waals surface area contributed by atoms with Gasteiger partial charge >= 0.3 is 11.9 Å². The summed E-state index contributed by atoms with van der Waals surface area (Å²) >= 11 is 0. The van der Waals surface area contributed by atoms with E-state index in [4.69, 9.17) is 4.74 Å². The third-order valence-corrected chi connectivity index (χ3v) is 2.97. The zero-order valence-electron chi connectivity index (χ0n) is 12.6. The zero-order valence-corrected chi connectivity index (χ0v) is 12.6. The van der Waals surface area contributed by atoms with Crippen molar-refractivity contribution in [2.24, 2.45) is 5.41 Å². The van der Waals surface area contributed by atoms with Crippen LogP contribution in [0.2, 0.25) is 0 Å². The summed E-state index contributed by atoms with van der Waals surface area (Å²) in [6.07, 6.45) is 0.862. The first-order valence-corrected chi connectivity index (χ1v) is 6.67. The number of ether oxygens (including phenoxy) is 2. The van der Waals surface area contributed by atoms with E-state index in [2.05, 4.69) is 25.5 Å². The van der Waals surface area contributed by atoms with E-state index in [-0.39, 0.29) is 16.6 Å². The van der Waals surface area contributed by atoms with E-state index < -0.39 is 11.9 Å². The Hall–Kier alpha value is -1.84. The molecule has 20 heavy (non-hydrogen) atoms. The number of hydrogen-bond acceptors (Lipinski definition) is 4. The molecular formula is C16H20O4. The van der Waals surface area contributed by atoms with E-state index in [0.29, 0.717) is 11.3 Å². The Bertz CT molecular complexity index is 564. The van der Waals surface area contributed by atoms with Gasteiger partial charge in [0.05, 0.1) is 11.1 Å². The summed E-state index contributed by atoms with van der Waals surface area (Å²) in [6, 6.07) is 4.85. The molecule has 0 amide bonds. The maximum Gasteiger partial charge on any atom is 0.347 e. The molecule has 0 aromatic heterocycles. The van der Waals surface area contributed by atoms with Crippen LogP contribution in [0.3, 0.4) is 0 Å². The normalized spacial score (nSPS) is 15.1. The van der Waals surface area contributed by atoms with Crippen LogP contribution in [-0.4, -0.2) is 17.5 Å². The minimum absolute atomic E-state index is 0.134. The van der Waals surface area contributed by atoms with Crippen LogP contribution >= 0.6 is 0 Å². The average Bonchev–Trinajstić information content (AvgIpc) is 2.50. The third kappa shape index (κ3) is 3.18. The van der Waals surface area contributed by atoms with Gasteiger partial charge in [-0.15, -0.1) is 0 Å². The lowest BCUT2D eigenvalue weighted by Gasteiger charge is -2.33. The molecule has 1 aromatic rings. The fourth-order valence-corrected chi connectivity index (χ4v) is 2.76. The van der Waals surface area contributed by atoms with Crippen LogP contribution in [-0.2, 0) is 4.74 Å². The molecule has 0 N–H and O–H groups in total. The summed E-state index contributed by atoms with van der Waals surface area (Å²) in [4.78, 5) is 22.9. The number of carbonyl (C=O) groups excluding carboxylic acids is 2. The first-order chi connectivity index (χ1) is 9.07. The van der Waals surface area contributed by atoms with Gasteiger partial charge in [-0.3, -0.25) is 0 Å². The second-order valence-corrected chi connectivity index (χ2v) is 6.98. The molecule has 0 saturated carbocycles. The van der Waals surface area contributed by atoms with E-state index in [1.54, 1.807) is 18.2 Å². The van der Waals surface area contributed by atoms with Crippen molar-refractivity contribution < 1.29 is 19.1 Å². The zero-order chi connectivity index (χ0) is 15.1. The molecule has 1 aliphatic heterocycles. The van der Waals surface area contributed by atoms with Crippen molar-refractivity contribution >= 4 is 11.9 Å². The Labute approximate surface area is 119 Å². The highest BCUT2D eigenvalue weighted by atomic mass is 16.6. The van der Waals surface area contributed by atoms with Crippen molar-refractivity contribution in [2.75, 3.05) is 0 Å². The molecule has 0 aliphatic carbocycles. The van der Waals surface area contributed by atoms with E-state index >= 15 is 0 Å². The second-order valence-electron chi connectivity index (χ2n) is 6.98. The van der Waals surface area contributed by atoms with Gasteiger partial charge < -0.3 is 9.47 Å². The molecule has 0 bridgehead atoms. The summed E-state index contributed by atoms with van der Waals surface area (Å²) in [5.41, 5.74) is 0.351. The lowest BCUT2D eigenvalue weighted by Crippen LogP contribution is -2.33. The monoisotopic (exact) mass is 276 g/mol. The van der Waals surface area contributed by atoms with Crippen molar-refractivity contribution in [2.45, 2.75) is 46.6 Å². The predicted octanol–water partition coefficient (Wildman–Crippen LogP) is 3.59. The first-order valence-electron chi connectivity index (χ1n) is 6.67. The number of rotatable bonds is 3. The van der Waals surface area contributed by atoms with Crippen molar-refractivity contribution in [3.63, 3.8) is 0 Å². The lowest BCUT2D eigenvalue weighted by atomic mass is 9.83. The minimum atomic E-state index is -0.607. The molecule has 1 aliphatic rings. The van der Waals surface area contributed by atoms with Gasteiger partial charge in [0.15, 0.2) is 0 Å². The molecule has 0 unspecified atom stereocenters. The first kappa shape index (κ1) is 14.6. The van der Waals surface area contributed by atoms with Crippen LogP contribution in [0.4, 0.5) is 0 Å². The van der Waals surface area contributed by atoms with Gasteiger partial charge in [-0.05, 0) is 43.9 Å². The Balaban J connectivity index is 2.22. The summed E-state index contributed by atoms with van der Waals surface area (Å²) in [5.74, 6) is -0.626. The third-order valence-electron chi connectivity index (χ3n) is 2.97. The van der Waals surface area contributed by atoms with E-state index in [1.807, 2.05) is 13.8 Å². The lowest BCUT2D eigenvalue weighted by molar-refractivity contribution is 0.0441. The largest absolute Gasteiger partial charge is 0.488 e. The van der Waals surface area contributed by atoms with Crippen molar-refractivity contribution in [3.05, 3.63) is 29.3 Å². The molecule has 4 nitrogen and oxygen atoms in total. The predicted molar refractivity (Wildman–Crippen MR) is 75.0 cm³/mol. The van der Waals surface area contributed by atoms with Crippen LogP contribution in [0.15, 0.2) is 18.2 Å². The van der Waals surface area contributed by atoms with Crippen LogP contribution < -0.4 is 4.74 Å². The summed E-state index contributed by atoms with van der Waals surface area (Å²) in [5, 5.41) is 0. The number of fused-ring (bicyclic) bond motifs is 1. The summed E-state index contributed by atoms with van der Waals surface area (Å²) < 4.78 is 10.5. The smallest absolute Gasteiger partial charge is 0.347 e. The maximum atomic E-state index is 11.5. The Morgan fingerprint density at radius 2 is 1.60 bits per heavy atom. The van der Waals surface area contributed by atoms with Crippen molar-refractivity contribution in [1.29, 1.82) is 0 Å². The highest BCUT2D eigenvalue weighted by molar-refractivity contribution is 6.14. The SMILES string of the molecule is CC(C)(C)CC(C)(C)Oc1ccc2c(c1)C(=O)OC2=O. The quantitative estimate of drug-likeness (QED) is 0.625. The van der Waals surface area contributed by atoms with Gasteiger partial charge in [0.2, 0.25) is 0 Å². The van der Waals surface area contributed by atoms with Gasteiger partial charge in [0, 0.05) is 0 Å². The Morgan fingerprint density at radius 3 is 2.20 bits per heavy atom. The minimum Gasteiger partial charge on any atom is -0.488 e. The fourth-order valence-electron chi connectivity index (χ4n) is 2.76. The van der Waals surface area contributed by atoms with E-state index in [9.17, 15) is 9.59 Å². The topological polar surface area (TPSA) is 52.6 Å². The molecule has 0 radical (unpaired) electrons. The number of esters is 2. The summed E-state index contributed by atoms with van der Waals surface area (Å²) in [7, 11) is 0. The van der Waals surface area contributed by atoms with E-state index in [1.165, 1.54) is 0 Å². The highest BCUT2D eigenvalue weighted by Crippen LogP contribution is 2.32. The highest BCUT2D eigenvalue weighted by Gasteiger charge is 2.31. The molecule has 0 spiro atoms. The number of hydrogen-bond donors (Lipinski definition) is 0. The second kappa shape index (κ2) is 4.62. The van der Waals surface area contributed by atoms with Crippen LogP contribution in [0.5, 0.6) is 5.75 Å². The van der Waals surface area contributed by atoms with E-state index in [0.717, 1.165) is 6.42 Å². The standard InChI is InChI=1S/C16H20O4/c1-15(2,3)9-16(4,5)20-10-6-7-11-12(8-10)14(18)19-13(11)17/h6-8H,9H2,1-5H3. The summed E-state index contributed by atoms with van der Waals surface area (Å²) in [6.45, 7) is 10.5. The maximum absolute atomic E-state index is 11.5. The number of carbonyl (C=O) groups is 2. The van der Waals surface area contributed by atoms with Gasteiger partial charge in [-0.25, -0.2) is 9.59 Å². The van der Waals surface area contributed by atoms with Gasteiger partial charge in [0.1, 0.15) is 11.4 Å². The fraction of sp³-hybridized carbons (Fsp3) is 0.500. The number of benzene rings is 1. The van der Waals surface area contributed by atoms with Gasteiger partial charge in [-0.1, -0.05) is 20.8 Å². The molecule has 0 atom stereocenters. The van der Waals surface area contributed by atoms with Gasteiger partial charge in [-0.2, -0.15) is 0 Å². The molecule has 1 aromatic carbocycles. The molecule has 0 saturated heterocycles. The van der Waals surface area contributed by atoms with Crippen molar-refractivity contribution in [1.82, 2.24) is 0 Å². The average molecular weight is 276 g/mol. The van der Waals surface area contributed by atoms with Crippen LogP contribution in [0, 0.1) is 5.41 Å². The molecule has 2 rings (SSSR count). The van der Waals surface area contributed by atoms with Crippen molar-refractivity contribution in [3.8, 4) is 5.75 Å². The molecule has 4 heteroatoms. The molecule has 0 fully saturated rings. The number of cyclic esters (lactones) is 2. The van der Waals surface area contributed by atoms with Crippen LogP contribution in [0.25, 0.3) is 0 Å². The molecule has 1 heterocycles. The Morgan fingerprint density at radius 1 is 1.00 bits per heavy atom.